The highest BCUT2D eigenvalue weighted by atomic mass is 32.2. The second-order valence-corrected chi connectivity index (χ2v) is 9.49. The smallest absolute Gasteiger partial charge is 0.251 e. The van der Waals surface area contributed by atoms with Crippen LogP contribution in [0.15, 0.2) is 42.5 Å². The van der Waals surface area contributed by atoms with Crippen LogP contribution in [-0.2, 0) is 16.6 Å². The fourth-order valence-electron chi connectivity index (χ4n) is 3.34. The molecule has 0 aromatic heterocycles. The highest BCUT2D eigenvalue weighted by Crippen LogP contribution is 2.29. The standard InChI is InChI=1S/C22H28N2O5S/c1-16(2)29-20-10-9-17(13-21(20)28-3)15-23-22(25)18-7-6-8-19(14-18)24-11-4-5-12-30(24,26)27/h6-10,13-14,16H,4-5,11-12,15H2,1-3H3,(H,23,25). The van der Waals surface area contributed by atoms with Crippen LogP contribution >= 0.6 is 0 Å². The summed E-state index contributed by atoms with van der Waals surface area (Å²) < 4.78 is 37.1. The maximum atomic E-state index is 12.6. The van der Waals surface area contributed by atoms with Gasteiger partial charge in [-0.05, 0) is 62.6 Å². The molecule has 162 valence electrons. The average Bonchev–Trinajstić information content (AvgIpc) is 2.72. The van der Waals surface area contributed by atoms with Gasteiger partial charge in [-0.1, -0.05) is 12.1 Å². The Hall–Kier alpha value is -2.74. The van der Waals surface area contributed by atoms with E-state index in [1.54, 1.807) is 31.4 Å². The lowest BCUT2D eigenvalue weighted by Crippen LogP contribution is -2.38. The molecule has 1 N–H and O–H groups in total. The van der Waals surface area contributed by atoms with Gasteiger partial charge in [0.05, 0.1) is 24.7 Å². The predicted molar refractivity (Wildman–Crippen MR) is 117 cm³/mol. The van der Waals surface area contributed by atoms with Gasteiger partial charge in [-0.25, -0.2) is 8.42 Å². The van der Waals surface area contributed by atoms with E-state index in [-0.39, 0.29) is 17.8 Å². The third kappa shape index (κ3) is 5.24. The van der Waals surface area contributed by atoms with Crippen molar-refractivity contribution in [3.8, 4) is 11.5 Å². The minimum absolute atomic E-state index is 0.0282. The molecule has 1 aliphatic heterocycles. The fourth-order valence-corrected chi connectivity index (χ4v) is 4.97. The number of hydrogen-bond acceptors (Lipinski definition) is 5. The summed E-state index contributed by atoms with van der Waals surface area (Å²) in [6.07, 6.45) is 1.51. The summed E-state index contributed by atoms with van der Waals surface area (Å²) in [5.74, 6) is 1.13. The molecule has 0 radical (unpaired) electrons. The Morgan fingerprint density at radius 1 is 1.13 bits per heavy atom. The van der Waals surface area contributed by atoms with Gasteiger partial charge in [-0.15, -0.1) is 0 Å². The molecule has 1 amide bonds. The van der Waals surface area contributed by atoms with Crippen molar-refractivity contribution in [2.45, 2.75) is 39.3 Å². The number of nitrogens with zero attached hydrogens (tertiary/aromatic N) is 1. The summed E-state index contributed by atoms with van der Waals surface area (Å²) in [5.41, 5.74) is 1.81. The van der Waals surface area contributed by atoms with E-state index in [1.807, 2.05) is 32.0 Å². The number of nitrogens with one attached hydrogen (secondary N) is 1. The molecule has 0 spiro atoms. The minimum atomic E-state index is -3.32. The van der Waals surface area contributed by atoms with Gasteiger partial charge in [0.25, 0.3) is 5.91 Å². The zero-order chi connectivity index (χ0) is 21.7. The van der Waals surface area contributed by atoms with Crippen molar-refractivity contribution in [1.82, 2.24) is 5.32 Å². The van der Waals surface area contributed by atoms with E-state index in [4.69, 9.17) is 9.47 Å². The molecule has 30 heavy (non-hydrogen) atoms. The largest absolute Gasteiger partial charge is 0.493 e. The van der Waals surface area contributed by atoms with Crippen LogP contribution in [0.3, 0.4) is 0 Å². The molecule has 8 heteroatoms. The normalized spacial score (nSPS) is 15.7. The maximum absolute atomic E-state index is 12.6. The first-order valence-corrected chi connectivity index (χ1v) is 11.6. The molecular formula is C22H28N2O5S. The van der Waals surface area contributed by atoms with Crippen LogP contribution in [-0.4, -0.2) is 39.8 Å². The summed E-state index contributed by atoms with van der Waals surface area (Å²) in [5, 5.41) is 2.87. The van der Waals surface area contributed by atoms with Crippen LogP contribution in [0.1, 0.15) is 42.6 Å². The van der Waals surface area contributed by atoms with Crippen molar-refractivity contribution in [2.24, 2.45) is 0 Å². The summed E-state index contributed by atoms with van der Waals surface area (Å²) in [4.78, 5) is 12.6. The van der Waals surface area contributed by atoms with E-state index < -0.39 is 10.0 Å². The summed E-state index contributed by atoms with van der Waals surface area (Å²) in [6, 6.07) is 12.2. The van der Waals surface area contributed by atoms with E-state index in [9.17, 15) is 13.2 Å². The van der Waals surface area contributed by atoms with Gasteiger partial charge in [0.2, 0.25) is 10.0 Å². The monoisotopic (exact) mass is 432 g/mol. The fraction of sp³-hybridized carbons (Fsp3) is 0.409. The Morgan fingerprint density at radius 2 is 1.93 bits per heavy atom. The van der Waals surface area contributed by atoms with Crippen molar-refractivity contribution < 1.29 is 22.7 Å². The molecule has 1 fully saturated rings. The van der Waals surface area contributed by atoms with Gasteiger partial charge in [-0.3, -0.25) is 9.10 Å². The average molecular weight is 433 g/mol. The first-order chi connectivity index (χ1) is 14.3. The van der Waals surface area contributed by atoms with Crippen LogP contribution in [0, 0.1) is 0 Å². The second kappa shape index (κ2) is 9.38. The third-order valence-electron chi connectivity index (χ3n) is 4.79. The van der Waals surface area contributed by atoms with E-state index in [0.29, 0.717) is 42.3 Å². The van der Waals surface area contributed by atoms with Crippen LogP contribution in [0.25, 0.3) is 0 Å². The lowest BCUT2D eigenvalue weighted by molar-refractivity contribution is 0.0951. The Kier molecular flexibility index (Phi) is 6.87. The molecule has 7 nitrogen and oxygen atoms in total. The van der Waals surface area contributed by atoms with Gasteiger partial charge in [0.15, 0.2) is 11.5 Å². The first kappa shape index (κ1) is 22.0. The third-order valence-corrected chi connectivity index (χ3v) is 6.66. The van der Waals surface area contributed by atoms with Crippen LogP contribution in [0.2, 0.25) is 0 Å². The number of methoxy groups -OCH3 is 1. The van der Waals surface area contributed by atoms with Crippen molar-refractivity contribution in [1.29, 1.82) is 0 Å². The van der Waals surface area contributed by atoms with Crippen LogP contribution in [0.4, 0.5) is 5.69 Å². The number of carbonyl (C=O) groups is 1. The van der Waals surface area contributed by atoms with E-state index in [2.05, 4.69) is 5.32 Å². The Balaban J connectivity index is 1.70. The molecule has 1 aliphatic rings. The zero-order valence-corrected chi connectivity index (χ0v) is 18.4. The number of carbonyl (C=O) groups excluding carboxylic acids is 1. The molecule has 3 rings (SSSR count). The Labute approximate surface area is 178 Å². The molecule has 0 unspecified atom stereocenters. The lowest BCUT2D eigenvalue weighted by Gasteiger charge is -2.28. The number of benzene rings is 2. The van der Waals surface area contributed by atoms with Crippen molar-refractivity contribution in [3.05, 3.63) is 53.6 Å². The predicted octanol–water partition coefficient (Wildman–Crippen LogP) is 3.34. The van der Waals surface area contributed by atoms with Gasteiger partial charge < -0.3 is 14.8 Å². The quantitative estimate of drug-likeness (QED) is 0.725. The van der Waals surface area contributed by atoms with Crippen molar-refractivity contribution in [2.75, 3.05) is 23.7 Å². The molecule has 0 aliphatic carbocycles. The van der Waals surface area contributed by atoms with Crippen molar-refractivity contribution >= 4 is 21.6 Å². The Morgan fingerprint density at radius 3 is 2.63 bits per heavy atom. The lowest BCUT2D eigenvalue weighted by atomic mass is 10.1. The van der Waals surface area contributed by atoms with E-state index in [0.717, 1.165) is 12.0 Å². The van der Waals surface area contributed by atoms with Gasteiger partial charge in [-0.2, -0.15) is 0 Å². The number of anilines is 1. The van der Waals surface area contributed by atoms with E-state index in [1.165, 1.54) is 4.31 Å². The topological polar surface area (TPSA) is 84.9 Å². The highest BCUT2D eigenvalue weighted by molar-refractivity contribution is 7.92. The number of rotatable bonds is 7. The molecule has 2 aromatic carbocycles. The molecule has 0 atom stereocenters. The van der Waals surface area contributed by atoms with Crippen LogP contribution < -0.4 is 19.1 Å². The molecule has 0 bridgehead atoms. The van der Waals surface area contributed by atoms with Gasteiger partial charge in [0.1, 0.15) is 0 Å². The SMILES string of the molecule is COc1cc(CNC(=O)c2cccc(N3CCCCS3(=O)=O)c2)ccc1OC(C)C. The number of amides is 1. The number of hydrogen-bond donors (Lipinski definition) is 1. The molecule has 1 saturated heterocycles. The highest BCUT2D eigenvalue weighted by Gasteiger charge is 2.26. The number of sulfonamides is 1. The molecule has 1 heterocycles. The van der Waals surface area contributed by atoms with Gasteiger partial charge in [0, 0.05) is 18.7 Å². The minimum Gasteiger partial charge on any atom is -0.493 e. The summed E-state index contributed by atoms with van der Waals surface area (Å²) >= 11 is 0. The van der Waals surface area contributed by atoms with Gasteiger partial charge >= 0.3 is 0 Å². The summed E-state index contributed by atoms with van der Waals surface area (Å²) in [6.45, 7) is 4.63. The van der Waals surface area contributed by atoms with Crippen molar-refractivity contribution in [3.63, 3.8) is 0 Å². The zero-order valence-electron chi connectivity index (χ0n) is 17.6. The number of ether oxygens (including phenoxy) is 2. The van der Waals surface area contributed by atoms with Crippen LogP contribution in [0.5, 0.6) is 11.5 Å². The Bertz CT molecular complexity index is 1000. The molecule has 0 saturated carbocycles. The van der Waals surface area contributed by atoms with E-state index >= 15 is 0 Å². The molecular weight excluding hydrogens is 404 g/mol. The second-order valence-electron chi connectivity index (χ2n) is 7.48. The first-order valence-electron chi connectivity index (χ1n) is 10.0. The maximum Gasteiger partial charge on any atom is 0.251 e. The molecule has 2 aromatic rings. The summed E-state index contributed by atoms with van der Waals surface area (Å²) in [7, 11) is -1.74.